The van der Waals surface area contributed by atoms with Crippen molar-refractivity contribution in [3.05, 3.63) is 83.1 Å². The minimum atomic E-state index is -1.25. The fourth-order valence-electron chi connectivity index (χ4n) is 8.34. The van der Waals surface area contributed by atoms with Crippen molar-refractivity contribution in [3.63, 3.8) is 0 Å². The number of benzene rings is 2. The standard InChI is InChI=1S/C45H68N2O12/c1-28(24-47(10)35(25-48)38(36(50)26-49)54-27-32-18-14-12-15-19-32)23-45(7,53-11)40(30(3)37-31(4)41(51)59-44(5,6)58-37)57-43-39(34(46(8)9)22-29(2)55-43)56-42(52)33-20-16-13-17-21-33/h12-21,28-30,34-36,38-40,43,48-50H,22-27H2,1-11H3/t28-,29?,30+,34?,35+,36+,38+,39?,40-,43?,45?/m1/s1. The monoisotopic (exact) mass is 828 g/mol. The zero-order chi connectivity index (χ0) is 43.7. The Morgan fingerprint density at radius 3 is 2.20 bits per heavy atom. The van der Waals surface area contributed by atoms with Gasteiger partial charge in [0.05, 0.1) is 60.8 Å². The molecule has 0 saturated carbocycles. The van der Waals surface area contributed by atoms with E-state index in [2.05, 4.69) is 0 Å². The van der Waals surface area contributed by atoms with E-state index < -0.39 is 72.6 Å². The summed E-state index contributed by atoms with van der Waals surface area (Å²) in [4.78, 5) is 30.7. The maximum Gasteiger partial charge on any atom is 0.340 e. The van der Waals surface area contributed by atoms with Gasteiger partial charge >= 0.3 is 11.9 Å². The number of rotatable bonds is 21. The Bertz CT molecular complexity index is 1660. The van der Waals surface area contributed by atoms with Crippen molar-refractivity contribution in [3.8, 4) is 0 Å². The van der Waals surface area contributed by atoms with E-state index in [9.17, 15) is 24.9 Å². The van der Waals surface area contributed by atoms with Gasteiger partial charge in [0.2, 0.25) is 5.79 Å². The molecule has 3 N–H and O–H groups in total. The van der Waals surface area contributed by atoms with Gasteiger partial charge in [0, 0.05) is 33.4 Å². The molecule has 14 nitrogen and oxygen atoms in total. The maximum atomic E-state index is 13.6. The van der Waals surface area contributed by atoms with Crippen LogP contribution in [0.4, 0.5) is 0 Å². The molecule has 1 saturated heterocycles. The molecular formula is C45H68N2O12. The van der Waals surface area contributed by atoms with E-state index >= 15 is 0 Å². The molecule has 0 aliphatic carbocycles. The van der Waals surface area contributed by atoms with Gasteiger partial charge in [-0.25, -0.2) is 9.59 Å². The molecule has 59 heavy (non-hydrogen) atoms. The number of aliphatic hydroxyl groups excluding tert-OH is 3. The van der Waals surface area contributed by atoms with Crippen LogP contribution < -0.4 is 0 Å². The summed E-state index contributed by atoms with van der Waals surface area (Å²) in [6, 6.07) is 17.3. The Kier molecular flexibility index (Phi) is 17.5. The van der Waals surface area contributed by atoms with E-state index in [1.54, 1.807) is 52.1 Å². The molecule has 2 aliphatic heterocycles. The first-order valence-corrected chi connectivity index (χ1v) is 20.5. The highest BCUT2D eigenvalue weighted by atomic mass is 16.7. The molecule has 2 aromatic carbocycles. The molecule has 0 spiro atoms. The van der Waals surface area contributed by atoms with Gasteiger partial charge in [-0.2, -0.15) is 0 Å². The highest BCUT2D eigenvalue weighted by molar-refractivity contribution is 5.89. The minimum absolute atomic E-state index is 0.130. The fourth-order valence-corrected chi connectivity index (χ4v) is 8.34. The van der Waals surface area contributed by atoms with Gasteiger partial charge in [-0.05, 0) is 78.4 Å². The average Bonchev–Trinajstić information content (AvgIpc) is 3.20. The summed E-state index contributed by atoms with van der Waals surface area (Å²) in [5, 5.41) is 31.5. The van der Waals surface area contributed by atoms with E-state index in [1.165, 1.54) is 0 Å². The second-order valence-electron chi connectivity index (χ2n) is 17.1. The summed E-state index contributed by atoms with van der Waals surface area (Å²) >= 11 is 0. The van der Waals surface area contributed by atoms with Crippen LogP contribution in [0.25, 0.3) is 0 Å². The summed E-state index contributed by atoms with van der Waals surface area (Å²) < 4.78 is 44.4. The van der Waals surface area contributed by atoms with E-state index in [-0.39, 0.29) is 31.3 Å². The molecule has 1 fully saturated rings. The van der Waals surface area contributed by atoms with Crippen LogP contribution in [-0.2, 0) is 44.6 Å². The molecule has 2 aliphatic rings. The van der Waals surface area contributed by atoms with Crippen molar-refractivity contribution in [2.24, 2.45) is 11.8 Å². The Hall–Kier alpha value is -3.44. The zero-order valence-corrected chi connectivity index (χ0v) is 36.7. The fraction of sp³-hybridized carbons (Fsp3) is 0.644. The van der Waals surface area contributed by atoms with Crippen molar-refractivity contribution in [1.29, 1.82) is 0 Å². The van der Waals surface area contributed by atoms with E-state index in [0.717, 1.165) is 5.56 Å². The summed E-state index contributed by atoms with van der Waals surface area (Å²) in [5.41, 5.74) is 0.489. The molecule has 14 heteroatoms. The molecule has 330 valence electrons. The number of nitrogens with zero attached hydrogens (tertiary/aromatic N) is 2. The van der Waals surface area contributed by atoms with Crippen LogP contribution in [0.1, 0.15) is 77.2 Å². The lowest BCUT2D eigenvalue weighted by molar-refractivity contribution is -0.298. The van der Waals surface area contributed by atoms with Gasteiger partial charge in [-0.15, -0.1) is 0 Å². The predicted octanol–water partition coefficient (Wildman–Crippen LogP) is 4.54. The van der Waals surface area contributed by atoms with Crippen molar-refractivity contribution >= 4 is 11.9 Å². The van der Waals surface area contributed by atoms with E-state index in [4.69, 9.17) is 33.2 Å². The van der Waals surface area contributed by atoms with Gasteiger partial charge in [-0.1, -0.05) is 62.4 Å². The van der Waals surface area contributed by atoms with Crippen molar-refractivity contribution < 1.29 is 58.1 Å². The summed E-state index contributed by atoms with van der Waals surface area (Å²) in [7, 11) is 7.29. The first-order valence-electron chi connectivity index (χ1n) is 20.5. The van der Waals surface area contributed by atoms with Crippen LogP contribution in [-0.4, -0.2) is 145 Å². The Labute approximate surface area is 350 Å². The highest BCUT2D eigenvalue weighted by Gasteiger charge is 2.50. The topological polar surface area (TPSA) is 166 Å². The zero-order valence-electron chi connectivity index (χ0n) is 36.7. The largest absolute Gasteiger partial charge is 0.456 e. The predicted molar refractivity (Wildman–Crippen MR) is 221 cm³/mol. The smallest absolute Gasteiger partial charge is 0.340 e. The summed E-state index contributed by atoms with van der Waals surface area (Å²) in [5.74, 6) is -2.63. The van der Waals surface area contributed by atoms with Crippen LogP contribution in [0.5, 0.6) is 0 Å². The SMILES string of the molecule is COC(C)(C[C@@H](C)CN(C)[C@@H](CO)[C@H](OCc1ccccc1)[C@@H](O)CO)[C@H](OC1OC(C)CC(N(C)C)C1OC(=O)c1ccccc1)[C@@H](C)C1=C(C)C(=O)OC(C)(C)O1. The molecule has 11 atom stereocenters. The Morgan fingerprint density at radius 1 is 1.00 bits per heavy atom. The molecule has 0 radical (unpaired) electrons. The first kappa shape index (κ1) is 48.2. The number of carbonyl (C=O) groups is 2. The van der Waals surface area contributed by atoms with Gasteiger partial charge in [0.15, 0.2) is 12.4 Å². The lowest BCUT2D eigenvalue weighted by atomic mass is 9.80. The average molecular weight is 829 g/mol. The van der Waals surface area contributed by atoms with Crippen LogP contribution >= 0.6 is 0 Å². The quantitative estimate of drug-likeness (QED) is 0.150. The minimum Gasteiger partial charge on any atom is -0.456 e. The molecule has 0 bridgehead atoms. The van der Waals surface area contributed by atoms with Crippen molar-refractivity contribution in [1.82, 2.24) is 9.80 Å². The van der Waals surface area contributed by atoms with Gasteiger partial charge in [0.25, 0.3) is 0 Å². The van der Waals surface area contributed by atoms with Crippen molar-refractivity contribution in [2.75, 3.05) is 48.0 Å². The number of likely N-dealkylation sites (N-methyl/N-ethyl adjacent to an activating group) is 2. The van der Waals surface area contributed by atoms with E-state index in [0.29, 0.717) is 36.3 Å². The number of ether oxygens (including phenoxy) is 7. The maximum absolute atomic E-state index is 13.6. The van der Waals surface area contributed by atoms with E-state index in [1.807, 2.05) is 95.0 Å². The van der Waals surface area contributed by atoms with Crippen LogP contribution in [0.2, 0.25) is 0 Å². The first-order chi connectivity index (χ1) is 27.8. The number of cyclic esters (lactones) is 1. The van der Waals surface area contributed by atoms with Crippen molar-refractivity contribution in [2.45, 2.75) is 128 Å². The third-order valence-corrected chi connectivity index (χ3v) is 11.4. The second kappa shape index (κ2) is 21.4. The highest BCUT2D eigenvalue weighted by Crippen LogP contribution is 2.41. The van der Waals surface area contributed by atoms with Crippen LogP contribution in [0, 0.1) is 11.8 Å². The number of methoxy groups -OCH3 is 1. The molecule has 4 rings (SSSR count). The lowest BCUT2D eigenvalue weighted by Crippen LogP contribution is -2.60. The number of hydrogen-bond donors (Lipinski definition) is 3. The Morgan fingerprint density at radius 2 is 1.63 bits per heavy atom. The van der Waals surface area contributed by atoms with Gasteiger partial charge < -0.3 is 53.4 Å². The third-order valence-electron chi connectivity index (χ3n) is 11.4. The number of carbonyl (C=O) groups excluding carboxylic acids is 2. The molecular weight excluding hydrogens is 760 g/mol. The van der Waals surface area contributed by atoms with Gasteiger partial charge in [0.1, 0.15) is 18.0 Å². The number of esters is 2. The molecule has 2 heterocycles. The molecule has 0 amide bonds. The third kappa shape index (κ3) is 12.6. The summed E-state index contributed by atoms with van der Waals surface area (Å²) in [6.45, 7) is 12.5. The van der Waals surface area contributed by atoms with Crippen LogP contribution in [0.3, 0.4) is 0 Å². The number of aliphatic hydroxyl groups is 3. The normalized spacial score (nSPS) is 25.0. The van der Waals surface area contributed by atoms with Crippen LogP contribution in [0.15, 0.2) is 72.0 Å². The molecule has 5 unspecified atom stereocenters. The van der Waals surface area contributed by atoms with Gasteiger partial charge in [-0.3, -0.25) is 4.90 Å². The lowest BCUT2D eigenvalue weighted by Gasteiger charge is -2.48. The molecule has 2 aromatic rings. The summed E-state index contributed by atoms with van der Waals surface area (Å²) in [6.07, 6.45) is -4.20. The molecule has 0 aromatic heterocycles. The Balaban J connectivity index is 1.68. The number of hydrogen-bond acceptors (Lipinski definition) is 14. The second-order valence-corrected chi connectivity index (χ2v) is 17.1.